The van der Waals surface area contributed by atoms with Gasteiger partial charge in [-0.05, 0) is 68.1 Å². The number of ketones is 1. The second-order valence-corrected chi connectivity index (χ2v) is 9.05. The summed E-state index contributed by atoms with van der Waals surface area (Å²) < 4.78 is 22.6. The molecular formula is C30H39NO7. The third-order valence-electron chi connectivity index (χ3n) is 6.23. The van der Waals surface area contributed by atoms with Gasteiger partial charge in [0.15, 0.2) is 11.5 Å². The standard InChI is InChI=1S/C30H39NO7/c1-5-8-19-38-24-15-12-22(20-25(24)36-7-3)27-26(29(33)30(34)31(27)16-9-18-35-4)28(32)21-10-13-23(14-11-21)37-17-6-2/h10-15,20,27,32H,5-9,16-19H2,1-4H3. The molecule has 1 unspecified atom stereocenters. The van der Waals surface area contributed by atoms with Gasteiger partial charge >= 0.3 is 0 Å². The number of carbonyl (C=O) groups excluding carboxylic acids is 2. The molecule has 2 aromatic carbocycles. The minimum Gasteiger partial charge on any atom is -0.507 e. The molecule has 0 radical (unpaired) electrons. The van der Waals surface area contributed by atoms with Crippen molar-refractivity contribution in [3.63, 3.8) is 0 Å². The van der Waals surface area contributed by atoms with E-state index in [9.17, 15) is 14.7 Å². The highest BCUT2D eigenvalue weighted by Crippen LogP contribution is 2.42. The van der Waals surface area contributed by atoms with Crippen LogP contribution in [0.3, 0.4) is 0 Å². The van der Waals surface area contributed by atoms with Crippen molar-refractivity contribution in [2.45, 2.75) is 52.5 Å². The molecule has 1 amide bonds. The van der Waals surface area contributed by atoms with Gasteiger partial charge in [0.2, 0.25) is 0 Å². The van der Waals surface area contributed by atoms with E-state index in [4.69, 9.17) is 18.9 Å². The van der Waals surface area contributed by atoms with Crippen LogP contribution in [0.2, 0.25) is 0 Å². The number of unbranched alkanes of at least 4 members (excludes halogenated alkanes) is 1. The van der Waals surface area contributed by atoms with Gasteiger partial charge in [-0.15, -0.1) is 0 Å². The fourth-order valence-electron chi connectivity index (χ4n) is 4.33. The summed E-state index contributed by atoms with van der Waals surface area (Å²) in [6.45, 7) is 8.29. The van der Waals surface area contributed by atoms with Gasteiger partial charge in [-0.2, -0.15) is 0 Å². The Kier molecular flexibility index (Phi) is 11.0. The van der Waals surface area contributed by atoms with E-state index < -0.39 is 17.7 Å². The second-order valence-electron chi connectivity index (χ2n) is 9.05. The normalized spacial score (nSPS) is 16.6. The van der Waals surface area contributed by atoms with Gasteiger partial charge in [-0.25, -0.2) is 0 Å². The summed E-state index contributed by atoms with van der Waals surface area (Å²) in [5.74, 6) is 0.184. The molecule has 3 rings (SSSR count). The Morgan fingerprint density at radius 3 is 2.29 bits per heavy atom. The molecule has 1 aliphatic heterocycles. The van der Waals surface area contributed by atoms with Crippen LogP contribution < -0.4 is 14.2 Å². The molecule has 1 N–H and O–H groups in total. The summed E-state index contributed by atoms with van der Waals surface area (Å²) in [6.07, 6.45) is 3.33. The number of hydrogen-bond acceptors (Lipinski definition) is 7. The second kappa shape index (κ2) is 14.4. The molecule has 38 heavy (non-hydrogen) atoms. The number of carbonyl (C=O) groups is 2. The maximum Gasteiger partial charge on any atom is 0.295 e. The lowest BCUT2D eigenvalue weighted by Gasteiger charge is -2.26. The summed E-state index contributed by atoms with van der Waals surface area (Å²) in [4.78, 5) is 27.9. The number of ether oxygens (including phenoxy) is 4. The van der Waals surface area contributed by atoms with Crippen molar-refractivity contribution in [1.82, 2.24) is 4.90 Å². The lowest BCUT2D eigenvalue weighted by molar-refractivity contribution is -0.140. The van der Waals surface area contributed by atoms with E-state index in [0.717, 1.165) is 19.3 Å². The third kappa shape index (κ3) is 6.86. The Labute approximate surface area is 225 Å². The van der Waals surface area contributed by atoms with Crippen LogP contribution in [0.4, 0.5) is 0 Å². The number of methoxy groups -OCH3 is 1. The number of rotatable bonds is 15. The number of nitrogens with zero attached hydrogens (tertiary/aromatic N) is 1. The fraction of sp³-hybridized carbons (Fsp3) is 0.467. The summed E-state index contributed by atoms with van der Waals surface area (Å²) in [7, 11) is 1.59. The largest absolute Gasteiger partial charge is 0.507 e. The van der Waals surface area contributed by atoms with Crippen molar-refractivity contribution in [3.05, 3.63) is 59.2 Å². The van der Waals surface area contributed by atoms with E-state index in [1.165, 1.54) is 4.90 Å². The first kappa shape index (κ1) is 29.0. The number of likely N-dealkylation sites (tertiary alicyclic amines) is 1. The molecule has 0 spiro atoms. The Morgan fingerprint density at radius 2 is 1.63 bits per heavy atom. The molecule has 2 aromatic rings. The highest BCUT2D eigenvalue weighted by molar-refractivity contribution is 6.46. The highest BCUT2D eigenvalue weighted by atomic mass is 16.5. The summed E-state index contributed by atoms with van der Waals surface area (Å²) in [5.41, 5.74) is 1.12. The fourth-order valence-corrected chi connectivity index (χ4v) is 4.33. The minimum absolute atomic E-state index is 0.0387. The number of hydrogen-bond donors (Lipinski definition) is 1. The molecule has 1 heterocycles. The van der Waals surface area contributed by atoms with Crippen LogP contribution in [0.25, 0.3) is 5.76 Å². The van der Waals surface area contributed by atoms with Crippen LogP contribution in [-0.4, -0.2) is 61.8 Å². The Hall–Kier alpha value is -3.52. The first-order valence-corrected chi connectivity index (χ1v) is 13.4. The van der Waals surface area contributed by atoms with Crippen molar-refractivity contribution >= 4 is 17.4 Å². The van der Waals surface area contributed by atoms with Crippen molar-refractivity contribution in [3.8, 4) is 17.2 Å². The number of aliphatic hydroxyl groups is 1. The molecule has 8 heteroatoms. The number of amides is 1. The van der Waals surface area contributed by atoms with E-state index in [1.807, 2.05) is 19.9 Å². The van der Waals surface area contributed by atoms with Gasteiger partial charge in [0.1, 0.15) is 11.5 Å². The van der Waals surface area contributed by atoms with E-state index in [0.29, 0.717) is 67.8 Å². The number of aliphatic hydroxyl groups excluding tert-OH is 1. The molecule has 1 aliphatic rings. The molecular weight excluding hydrogens is 486 g/mol. The Balaban J connectivity index is 2.06. The molecule has 8 nitrogen and oxygen atoms in total. The van der Waals surface area contributed by atoms with Crippen LogP contribution in [0.5, 0.6) is 17.2 Å². The van der Waals surface area contributed by atoms with Crippen LogP contribution in [0.15, 0.2) is 48.0 Å². The molecule has 1 fully saturated rings. The summed E-state index contributed by atoms with van der Waals surface area (Å²) in [6, 6.07) is 11.5. The van der Waals surface area contributed by atoms with Crippen LogP contribution >= 0.6 is 0 Å². The van der Waals surface area contributed by atoms with E-state index in [1.54, 1.807) is 43.5 Å². The van der Waals surface area contributed by atoms with Gasteiger partial charge in [0, 0.05) is 25.8 Å². The maximum absolute atomic E-state index is 13.3. The average Bonchev–Trinajstić information content (AvgIpc) is 3.18. The Bertz CT molecular complexity index is 1110. The topological polar surface area (TPSA) is 94.5 Å². The molecule has 0 saturated carbocycles. The SMILES string of the molecule is CCCCOc1ccc(C2C(=C(O)c3ccc(OCCC)cc3)C(=O)C(=O)N2CCCOC)cc1OCC. The predicted molar refractivity (Wildman–Crippen MR) is 146 cm³/mol. The smallest absolute Gasteiger partial charge is 0.295 e. The van der Waals surface area contributed by atoms with Gasteiger partial charge in [0.25, 0.3) is 11.7 Å². The zero-order chi connectivity index (χ0) is 27.5. The van der Waals surface area contributed by atoms with E-state index in [-0.39, 0.29) is 11.3 Å². The Morgan fingerprint density at radius 1 is 0.868 bits per heavy atom. The van der Waals surface area contributed by atoms with Crippen molar-refractivity contribution in [2.75, 3.05) is 40.1 Å². The van der Waals surface area contributed by atoms with Crippen molar-refractivity contribution in [1.29, 1.82) is 0 Å². The molecule has 0 bridgehead atoms. The van der Waals surface area contributed by atoms with Gasteiger partial charge in [-0.3, -0.25) is 9.59 Å². The summed E-state index contributed by atoms with van der Waals surface area (Å²) >= 11 is 0. The molecule has 1 saturated heterocycles. The minimum atomic E-state index is -0.785. The van der Waals surface area contributed by atoms with Gasteiger partial charge in [0.05, 0.1) is 31.4 Å². The third-order valence-corrected chi connectivity index (χ3v) is 6.23. The quantitative estimate of drug-likeness (QED) is 0.142. The lowest BCUT2D eigenvalue weighted by atomic mass is 9.95. The van der Waals surface area contributed by atoms with Crippen LogP contribution in [-0.2, 0) is 14.3 Å². The van der Waals surface area contributed by atoms with E-state index >= 15 is 0 Å². The van der Waals surface area contributed by atoms with Gasteiger partial charge < -0.3 is 29.0 Å². The van der Waals surface area contributed by atoms with Crippen molar-refractivity contribution in [2.24, 2.45) is 0 Å². The zero-order valence-corrected chi connectivity index (χ0v) is 22.8. The van der Waals surface area contributed by atoms with Gasteiger partial charge in [-0.1, -0.05) is 26.3 Å². The number of Topliss-reactive ketones (excluding diaryl/α,β-unsaturated/α-hetero) is 1. The molecule has 1 atom stereocenters. The first-order valence-electron chi connectivity index (χ1n) is 13.4. The van der Waals surface area contributed by atoms with Crippen molar-refractivity contribution < 1.29 is 33.6 Å². The monoisotopic (exact) mass is 525 g/mol. The van der Waals surface area contributed by atoms with Crippen LogP contribution in [0, 0.1) is 0 Å². The molecule has 0 aromatic heterocycles. The highest BCUT2D eigenvalue weighted by Gasteiger charge is 2.46. The number of benzene rings is 2. The first-order chi connectivity index (χ1) is 18.5. The summed E-state index contributed by atoms with van der Waals surface area (Å²) in [5, 5.41) is 11.3. The van der Waals surface area contributed by atoms with E-state index in [2.05, 4.69) is 6.92 Å². The maximum atomic E-state index is 13.3. The molecule has 0 aliphatic carbocycles. The van der Waals surface area contributed by atoms with Crippen LogP contribution in [0.1, 0.15) is 63.6 Å². The average molecular weight is 526 g/mol. The zero-order valence-electron chi connectivity index (χ0n) is 22.8. The predicted octanol–water partition coefficient (Wildman–Crippen LogP) is 5.51. The molecule has 206 valence electrons. The lowest BCUT2D eigenvalue weighted by Crippen LogP contribution is -2.31.